The highest BCUT2D eigenvalue weighted by molar-refractivity contribution is 5.70. The third kappa shape index (κ3) is 13.3. The van der Waals surface area contributed by atoms with Crippen molar-refractivity contribution in [2.24, 2.45) is 17.8 Å². The number of alkyl carbamates (subject to hydrolysis) is 1. The van der Waals surface area contributed by atoms with Gasteiger partial charge in [-0.2, -0.15) is 0 Å². The van der Waals surface area contributed by atoms with Crippen molar-refractivity contribution in [3.8, 4) is 0 Å². The summed E-state index contributed by atoms with van der Waals surface area (Å²) < 4.78 is 29.2. The average Bonchev–Trinajstić information content (AvgIpc) is 3.87. The lowest BCUT2D eigenvalue weighted by Crippen LogP contribution is -2.41. The van der Waals surface area contributed by atoms with E-state index in [1.54, 1.807) is 13.2 Å². The number of cyclic esters (lactones) is 1. The molecule has 0 aromatic carbocycles. The molecule has 11 heteroatoms. The number of methoxy groups -OCH3 is 1. The molecule has 0 aliphatic carbocycles. The van der Waals surface area contributed by atoms with Crippen LogP contribution in [0.1, 0.15) is 86.5 Å². The molecule has 2 fully saturated rings. The molecule has 3 rings (SSSR count). The van der Waals surface area contributed by atoms with E-state index in [0.717, 1.165) is 31.6 Å². The number of hydrogen-bond donors (Lipinski definition) is 2. The Bertz CT molecular complexity index is 1210. The van der Waals surface area contributed by atoms with Crippen molar-refractivity contribution in [1.82, 2.24) is 10.2 Å². The van der Waals surface area contributed by atoms with Crippen LogP contribution < -0.4 is 5.32 Å². The minimum Gasteiger partial charge on any atom is -0.457 e. The molecule has 10 unspecified atom stereocenters. The lowest BCUT2D eigenvalue weighted by Gasteiger charge is -2.27. The van der Waals surface area contributed by atoms with Gasteiger partial charge in [0.25, 0.3) is 0 Å². The van der Waals surface area contributed by atoms with E-state index in [2.05, 4.69) is 30.6 Å². The molecule has 1 amide bonds. The molecule has 2 N–H and O–H groups in total. The summed E-state index contributed by atoms with van der Waals surface area (Å²) in [5.74, 6) is -1.27. The van der Waals surface area contributed by atoms with Crippen molar-refractivity contribution in [3.05, 3.63) is 48.1 Å². The van der Waals surface area contributed by atoms with Gasteiger partial charge in [0.15, 0.2) is 0 Å². The maximum absolute atomic E-state index is 13.0. The van der Waals surface area contributed by atoms with Crippen LogP contribution in [0.25, 0.3) is 0 Å². The smallest absolute Gasteiger partial charge is 0.407 e. The summed E-state index contributed by atoms with van der Waals surface area (Å²) in [6.07, 6.45) is 10.9. The number of hydrogen-bond acceptors (Lipinski definition) is 10. The van der Waals surface area contributed by atoms with Gasteiger partial charge in [0, 0.05) is 44.9 Å². The first-order valence-corrected chi connectivity index (χ1v) is 18.4. The Balaban J connectivity index is 1.75. The van der Waals surface area contributed by atoms with Crippen LogP contribution in [0.4, 0.5) is 4.79 Å². The van der Waals surface area contributed by atoms with Gasteiger partial charge in [-0.05, 0) is 69.3 Å². The third-order valence-corrected chi connectivity index (χ3v) is 10.0. The number of likely N-dealkylation sites (tertiary alicyclic amines) is 1. The molecule has 11 nitrogen and oxygen atoms in total. The summed E-state index contributed by atoms with van der Waals surface area (Å²) >= 11 is 0. The zero-order valence-corrected chi connectivity index (χ0v) is 31.3. The van der Waals surface area contributed by atoms with E-state index >= 15 is 0 Å². The maximum atomic E-state index is 13.0. The number of amides is 1. The van der Waals surface area contributed by atoms with Crippen LogP contribution in [0.3, 0.4) is 0 Å². The lowest BCUT2D eigenvalue weighted by atomic mass is 9.91. The molecule has 0 spiro atoms. The number of carbonyl (C=O) groups excluding carboxylic acids is 3. The van der Waals surface area contributed by atoms with Gasteiger partial charge >= 0.3 is 18.0 Å². The number of epoxide rings is 1. The standard InChI is InChI=1S/C39H62N2O9/c1-9-32(46-8)29(6)37-38(49-37)36(50-39(45)40-20-23-41-21-11-10-12-22-41)27(4)15-13-14-26(3)35-28(5)17-19-33(47-30(7)42)25(2)16-18-31(43)24-34(44)48-35/h13-15,17,19,27-29,31-33,35-38,43H,2,9-12,16,18,20-24H2,1,3-8H3,(H,40,45)/b15-13+,19-17+,26-14+. The monoisotopic (exact) mass is 702 g/mol. The lowest BCUT2D eigenvalue weighted by molar-refractivity contribution is -0.151. The molecule has 0 aromatic heterocycles. The fourth-order valence-electron chi connectivity index (χ4n) is 6.92. The summed E-state index contributed by atoms with van der Waals surface area (Å²) in [7, 11) is 1.71. The number of aliphatic hydroxyl groups is 1. The van der Waals surface area contributed by atoms with Crippen LogP contribution in [0, 0.1) is 17.8 Å². The van der Waals surface area contributed by atoms with Gasteiger partial charge in [0.2, 0.25) is 0 Å². The number of nitrogens with zero attached hydrogens (tertiary/aromatic N) is 1. The molecule has 50 heavy (non-hydrogen) atoms. The van der Waals surface area contributed by atoms with E-state index in [-0.39, 0.29) is 42.5 Å². The second-order valence-electron chi connectivity index (χ2n) is 14.2. The van der Waals surface area contributed by atoms with Crippen LogP contribution in [0.15, 0.2) is 48.1 Å². The Morgan fingerprint density at radius 2 is 1.88 bits per heavy atom. The maximum Gasteiger partial charge on any atom is 0.407 e. The van der Waals surface area contributed by atoms with Gasteiger partial charge in [-0.3, -0.25) is 9.59 Å². The number of piperidine rings is 1. The SMILES string of the molecule is C=C1CCC(O)CC(=O)OC(/C(C)=C/C=C/C(C)C(OC(=O)NCCN2CCCCC2)C2OC2C(C)C(CC)OC)C(C)/C=C/C1OC(C)=O. The van der Waals surface area contributed by atoms with Crippen molar-refractivity contribution in [3.63, 3.8) is 0 Å². The molecule has 0 saturated carbocycles. The van der Waals surface area contributed by atoms with Gasteiger partial charge in [-0.1, -0.05) is 65.0 Å². The van der Waals surface area contributed by atoms with Crippen LogP contribution in [0.2, 0.25) is 0 Å². The van der Waals surface area contributed by atoms with Gasteiger partial charge < -0.3 is 39.0 Å². The van der Waals surface area contributed by atoms with E-state index < -0.39 is 42.4 Å². The zero-order valence-electron chi connectivity index (χ0n) is 31.3. The second-order valence-corrected chi connectivity index (χ2v) is 14.2. The predicted octanol–water partition coefficient (Wildman–Crippen LogP) is 5.67. The molecule has 3 aliphatic heterocycles. The number of nitrogens with one attached hydrogen (secondary N) is 1. The first kappa shape index (κ1) is 41.4. The molecule has 282 valence electrons. The fourth-order valence-corrected chi connectivity index (χ4v) is 6.92. The van der Waals surface area contributed by atoms with Crippen molar-refractivity contribution < 1.29 is 43.2 Å². The number of ether oxygens (including phenoxy) is 5. The Kier molecular flexibility index (Phi) is 17.2. The van der Waals surface area contributed by atoms with E-state index in [4.69, 9.17) is 23.7 Å². The highest BCUT2D eigenvalue weighted by atomic mass is 16.6. The van der Waals surface area contributed by atoms with E-state index in [0.29, 0.717) is 25.0 Å². The second kappa shape index (κ2) is 20.8. The molecular formula is C39H62N2O9. The molecule has 10 atom stereocenters. The molecule has 3 heterocycles. The van der Waals surface area contributed by atoms with E-state index in [1.165, 1.54) is 26.2 Å². The summed E-state index contributed by atoms with van der Waals surface area (Å²) in [5, 5.41) is 13.4. The average molecular weight is 703 g/mol. The predicted molar refractivity (Wildman–Crippen MR) is 192 cm³/mol. The highest BCUT2D eigenvalue weighted by Crippen LogP contribution is 2.39. The minimum atomic E-state index is -0.909. The van der Waals surface area contributed by atoms with Gasteiger partial charge in [0.1, 0.15) is 24.4 Å². The summed E-state index contributed by atoms with van der Waals surface area (Å²) in [4.78, 5) is 40.0. The minimum absolute atomic E-state index is 0.0358. The van der Waals surface area contributed by atoms with Crippen molar-refractivity contribution >= 4 is 18.0 Å². The normalized spacial score (nSPS) is 30.2. The van der Waals surface area contributed by atoms with Gasteiger partial charge in [-0.15, -0.1) is 0 Å². The summed E-state index contributed by atoms with van der Waals surface area (Å²) in [6.45, 7) is 18.8. The van der Waals surface area contributed by atoms with Gasteiger partial charge in [-0.25, -0.2) is 4.79 Å². The van der Waals surface area contributed by atoms with Crippen molar-refractivity contribution in [2.45, 2.75) is 129 Å². The molecule has 0 bridgehead atoms. The molecule has 3 aliphatic rings. The fraction of sp³-hybridized carbons (Fsp3) is 0.718. The molecular weight excluding hydrogens is 640 g/mol. The molecule has 2 saturated heterocycles. The van der Waals surface area contributed by atoms with E-state index in [1.807, 2.05) is 45.1 Å². The molecule has 0 aromatic rings. The largest absolute Gasteiger partial charge is 0.457 e. The van der Waals surface area contributed by atoms with Crippen molar-refractivity contribution in [2.75, 3.05) is 33.3 Å². The van der Waals surface area contributed by atoms with Crippen LogP contribution >= 0.6 is 0 Å². The number of carbonyl (C=O) groups is 3. The quantitative estimate of drug-likeness (QED) is 0.0766. The topological polar surface area (TPSA) is 136 Å². The van der Waals surface area contributed by atoms with Crippen LogP contribution in [0.5, 0.6) is 0 Å². The third-order valence-electron chi connectivity index (χ3n) is 10.0. The Morgan fingerprint density at radius 3 is 2.54 bits per heavy atom. The summed E-state index contributed by atoms with van der Waals surface area (Å²) in [5.41, 5.74) is 1.43. The number of esters is 2. The number of aliphatic hydroxyl groups excluding tert-OH is 1. The van der Waals surface area contributed by atoms with E-state index in [9.17, 15) is 19.5 Å². The zero-order chi connectivity index (χ0) is 36.8. The van der Waals surface area contributed by atoms with Crippen LogP contribution in [-0.2, 0) is 33.3 Å². The highest BCUT2D eigenvalue weighted by Gasteiger charge is 2.52. The number of allylic oxidation sites excluding steroid dienone is 2. The Morgan fingerprint density at radius 1 is 1.16 bits per heavy atom. The van der Waals surface area contributed by atoms with Gasteiger partial charge in [0.05, 0.1) is 24.7 Å². The van der Waals surface area contributed by atoms with Crippen molar-refractivity contribution in [1.29, 1.82) is 0 Å². The van der Waals surface area contributed by atoms with Crippen LogP contribution in [-0.4, -0.2) is 104 Å². The number of rotatable bonds is 14. The summed E-state index contributed by atoms with van der Waals surface area (Å²) in [6, 6.07) is 0. The Hall–Kier alpha value is -2.99. The Labute approximate surface area is 299 Å². The first-order valence-electron chi connectivity index (χ1n) is 18.4. The molecule has 0 radical (unpaired) electrons. The first-order chi connectivity index (χ1) is 23.8.